The van der Waals surface area contributed by atoms with Gasteiger partial charge in [0.2, 0.25) is 5.88 Å². The fraction of sp³-hybridized carbons (Fsp3) is 0.429. The van der Waals surface area contributed by atoms with E-state index in [9.17, 15) is 13.2 Å². The van der Waals surface area contributed by atoms with Gasteiger partial charge in [-0.3, -0.25) is 9.88 Å². The summed E-state index contributed by atoms with van der Waals surface area (Å²) in [6, 6.07) is 9.05. The Morgan fingerprint density at radius 2 is 1.77 bits per heavy atom. The van der Waals surface area contributed by atoms with Gasteiger partial charge in [-0.25, -0.2) is 4.98 Å². The molecule has 12 heteroatoms. The van der Waals surface area contributed by atoms with Gasteiger partial charge in [0.15, 0.2) is 0 Å². The highest BCUT2D eigenvalue weighted by Gasteiger charge is 2.30. The Labute approximate surface area is 238 Å². The van der Waals surface area contributed by atoms with E-state index in [1.807, 2.05) is 13.0 Å². The number of aryl methyl sites for hydroxylation is 1. The molecule has 2 fully saturated rings. The Morgan fingerprint density at radius 1 is 1.00 bits per heavy atom. The number of pyridine rings is 2. The second kappa shape index (κ2) is 13.5. The average molecular weight is 579 g/mol. The van der Waals surface area contributed by atoms with Crippen LogP contribution in [0.15, 0.2) is 48.8 Å². The lowest BCUT2D eigenvalue weighted by atomic mass is 10.0. The summed E-state index contributed by atoms with van der Waals surface area (Å²) < 4.78 is 51.2. The molecule has 3 aromatic rings. The lowest BCUT2D eigenvalue weighted by Gasteiger charge is -2.31. The standard InChI is InChI=1S/C28H33F3N6O2.ClH/c1-20-25(17-24(19-33-20)35-23-4-2-3-22(16-23)28(29,30)31)21-15-26(37-10-12-38-13-11-37)27(34-18-21)39-14-9-36-7-5-32-6-8-36;/h2-4,15-19,32,35H,5-14H2,1H3;1H. The van der Waals surface area contributed by atoms with Gasteiger partial charge in [0.25, 0.3) is 0 Å². The molecule has 0 radical (unpaired) electrons. The molecule has 2 aliphatic heterocycles. The number of hydrogen-bond donors (Lipinski definition) is 2. The Morgan fingerprint density at radius 3 is 2.52 bits per heavy atom. The van der Waals surface area contributed by atoms with Crippen molar-refractivity contribution in [2.75, 3.05) is 75.9 Å². The molecule has 4 heterocycles. The van der Waals surface area contributed by atoms with E-state index in [-0.39, 0.29) is 12.4 Å². The second-order valence-corrected chi connectivity index (χ2v) is 9.65. The monoisotopic (exact) mass is 578 g/mol. The predicted molar refractivity (Wildman–Crippen MR) is 152 cm³/mol. The number of aromatic nitrogens is 2. The number of morpholine rings is 1. The number of alkyl halides is 3. The van der Waals surface area contributed by atoms with Crippen LogP contribution in [0.3, 0.4) is 0 Å². The number of piperazine rings is 1. The van der Waals surface area contributed by atoms with E-state index >= 15 is 0 Å². The Kier molecular flexibility index (Phi) is 10.1. The molecular formula is C28H34ClF3N6O2. The molecule has 0 unspecified atom stereocenters. The highest BCUT2D eigenvalue weighted by atomic mass is 35.5. The molecule has 0 amide bonds. The molecule has 2 aliphatic rings. The number of hydrogen-bond acceptors (Lipinski definition) is 8. The molecule has 5 rings (SSSR count). The van der Waals surface area contributed by atoms with Gasteiger partial charge in [-0.2, -0.15) is 13.2 Å². The van der Waals surface area contributed by atoms with Crippen molar-refractivity contribution in [2.45, 2.75) is 13.1 Å². The van der Waals surface area contributed by atoms with Crippen LogP contribution in [0.1, 0.15) is 11.3 Å². The smallest absolute Gasteiger partial charge is 0.416 e. The van der Waals surface area contributed by atoms with Crippen LogP contribution in [-0.4, -0.2) is 80.5 Å². The van der Waals surface area contributed by atoms with Crippen LogP contribution in [0.5, 0.6) is 5.88 Å². The SMILES string of the molecule is Cc1ncc(Nc2cccc(C(F)(F)F)c2)cc1-c1cnc(OCCN2CCNCC2)c(N2CCOCC2)c1.Cl. The number of ether oxygens (including phenoxy) is 2. The second-order valence-electron chi connectivity index (χ2n) is 9.65. The quantitative estimate of drug-likeness (QED) is 0.396. The summed E-state index contributed by atoms with van der Waals surface area (Å²) in [5.74, 6) is 0.583. The van der Waals surface area contributed by atoms with Crippen molar-refractivity contribution < 1.29 is 22.6 Å². The third kappa shape index (κ3) is 7.54. The first-order chi connectivity index (χ1) is 18.9. The summed E-state index contributed by atoms with van der Waals surface area (Å²) in [6.45, 7) is 9.97. The zero-order valence-corrected chi connectivity index (χ0v) is 23.2. The van der Waals surface area contributed by atoms with E-state index in [4.69, 9.17) is 14.5 Å². The summed E-state index contributed by atoms with van der Waals surface area (Å²) in [4.78, 5) is 13.8. The molecule has 2 N–H and O–H groups in total. The van der Waals surface area contributed by atoms with Gasteiger partial charge in [0, 0.05) is 74.5 Å². The topological polar surface area (TPSA) is 74.8 Å². The van der Waals surface area contributed by atoms with E-state index in [2.05, 4.69) is 31.5 Å². The van der Waals surface area contributed by atoms with E-state index in [0.717, 1.165) is 80.5 Å². The molecule has 2 saturated heterocycles. The first kappa shape index (κ1) is 29.9. The summed E-state index contributed by atoms with van der Waals surface area (Å²) in [5.41, 5.74) is 3.57. The van der Waals surface area contributed by atoms with Crippen molar-refractivity contribution in [3.63, 3.8) is 0 Å². The Balaban J connectivity index is 0.00000370. The van der Waals surface area contributed by atoms with E-state index in [1.165, 1.54) is 6.07 Å². The molecule has 0 aliphatic carbocycles. The molecule has 2 aromatic heterocycles. The van der Waals surface area contributed by atoms with Crippen molar-refractivity contribution >= 4 is 29.5 Å². The number of anilines is 3. The number of nitrogens with zero attached hydrogens (tertiary/aromatic N) is 4. The predicted octanol–water partition coefficient (Wildman–Crippen LogP) is 4.76. The van der Waals surface area contributed by atoms with Crippen molar-refractivity contribution in [1.29, 1.82) is 0 Å². The largest absolute Gasteiger partial charge is 0.475 e. The third-order valence-electron chi connectivity index (χ3n) is 6.92. The first-order valence-electron chi connectivity index (χ1n) is 13.2. The van der Waals surface area contributed by atoms with E-state index in [0.29, 0.717) is 37.1 Å². The van der Waals surface area contributed by atoms with Gasteiger partial charge < -0.3 is 25.0 Å². The van der Waals surface area contributed by atoms with Gasteiger partial charge in [0.05, 0.1) is 30.7 Å². The molecule has 8 nitrogen and oxygen atoms in total. The van der Waals surface area contributed by atoms with E-state index in [1.54, 1.807) is 18.5 Å². The van der Waals surface area contributed by atoms with Gasteiger partial charge in [-0.05, 0) is 37.3 Å². The van der Waals surface area contributed by atoms with Crippen LogP contribution in [-0.2, 0) is 10.9 Å². The van der Waals surface area contributed by atoms with Crippen LogP contribution in [0, 0.1) is 6.92 Å². The Hall–Kier alpha value is -3.12. The molecule has 40 heavy (non-hydrogen) atoms. The zero-order valence-electron chi connectivity index (χ0n) is 22.3. The van der Waals surface area contributed by atoms with Crippen LogP contribution >= 0.6 is 12.4 Å². The van der Waals surface area contributed by atoms with Crippen LogP contribution in [0.2, 0.25) is 0 Å². The summed E-state index contributed by atoms with van der Waals surface area (Å²) >= 11 is 0. The average Bonchev–Trinajstić information content (AvgIpc) is 2.95. The summed E-state index contributed by atoms with van der Waals surface area (Å²) in [6.07, 6.45) is -1.03. The normalized spacial score (nSPS) is 16.4. The minimum atomic E-state index is -4.41. The van der Waals surface area contributed by atoms with Gasteiger partial charge in [0.1, 0.15) is 12.3 Å². The molecule has 0 saturated carbocycles. The molecule has 216 valence electrons. The van der Waals surface area contributed by atoms with Crippen molar-refractivity contribution in [3.05, 3.63) is 60.0 Å². The molecule has 1 aromatic carbocycles. The lowest BCUT2D eigenvalue weighted by Crippen LogP contribution is -2.45. The first-order valence-corrected chi connectivity index (χ1v) is 13.2. The zero-order chi connectivity index (χ0) is 27.2. The fourth-order valence-corrected chi connectivity index (χ4v) is 4.77. The van der Waals surface area contributed by atoms with Gasteiger partial charge in [-0.15, -0.1) is 12.4 Å². The Bertz CT molecular complexity index is 1270. The molecule has 0 spiro atoms. The minimum Gasteiger partial charge on any atom is -0.475 e. The molecule has 0 bridgehead atoms. The summed E-state index contributed by atoms with van der Waals surface area (Å²) in [7, 11) is 0. The number of benzene rings is 1. The third-order valence-corrected chi connectivity index (χ3v) is 6.92. The fourth-order valence-electron chi connectivity index (χ4n) is 4.77. The van der Waals surface area contributed by atoms with Crippen molar-refractivity contribution in [2.24, 2.45) is 0 Å². The molecular weight excluding hydrogens is 545 g/mol. The van der Waals surface area contributed by atoms with Gasteiger partial charge in [-0.1, -0.05) is 6.07 Å². The summed E-state index contributed by atoms with van der Waals surface area (Å²) in [5, 5.41) is 6.42. The highest BCUT2D eigenvalue weighted by Crippen LogP contribution is 2.35. The highest BCUT2D eigenvalue weighted by molar-refractivity contribution is 5.85. The number of halogens is 4. The lowest BCUT2D eigenvalue weighted by molar-refractivity contribution is -0.137. The maximum absolute atomic E-state index is 13.2. The van der Waals surface area contributed by atoms with Crippen LogP contribution < -0.4 is 20.3 Å². The maximum atomic E-state index is 13.2. The van der Waals surface area contributed by atoms with Crippen LogP contribution in [0.25, 0.3) is 11.1 Å². The maximum Gasteiger partial charge on any atom is 0.416 e. The number of nitrogens with one attached hydrogen (secondary N) is 2. The number of rotatable bonds is 8. The van der Waals surface area contributed by atoms with Crippen molar-refractivity contribution in [3.8, 4) is 17.0 Å². The van der Waals surface area contributed by atoms with Gasteiger partial charge >= 0.3 is 6.18 Å². The van der Waals surface area contributed by atoms with E-state index < -0.39 is 11.7 Å². The molecule has 0 atom stereocenters. The van der Waals surface area contributed by atoms with Crippen molar-refractivity contribution in [1.82, 2.24) is 20.2 Å². The minimum absolute atomic E-state index is 0. The van der Waals surface area contributed by atoms with Crippen LogP contribution in [0.4, 0.5) is 30.2 Å².